The summed E-state index contributed by atoms with van der Waals surface area (Å²) in [5, 5.41) is 2.93. The second kappa shape index (κ2) is 5.57. The summed E-state index contributed by atoms with van der Waals surface area (Å²) in [4.78, 5) is 27.2. The summed E-state index contributed by atoms with van der Waals surface area (Å²) in [5.41, 5.74) is -0.978. The van der Waals surface area contributed by atoms with E-state index in [1.165, 1.54) is 18.2 Å². The molecule has 0 aliphatic carbocycles. The average molecular weight is 298 g/mol. The van der Waals surface area contributed by atoms with Crippen LogP contribution in [0.1, 0.15) is 0 Å². The largest absolute Gasteiger partial charge is 0.326 e. The summed E-state index contributed by atoms with van der Waals surface area (Å²) in [5.74, 6) is 0. The second-order valence-corrected chi connectivity index (χ2v) is 5.88. The molecule has 1 heterocycles. The summed E-state index contributed by atoms with van der Waals surface area (Å²) >= 11 is 0. The number of hydrogen-bond donors (Lipinski definition) is 4. The predicted molar refractivity (Wildman–Crippen MR) is 74.3 cm³/mol. The Hall–Kier alpha value is -1.97. The maximum Gasteiger partial charge on any atom is 0.326 e. The molecule has 0 unspecified atom stereocenters. The molecule has 0 aliphatic heterocycles. The smallest absolute Gasteiger partial charge is 0.318 e. The van der Waals surface area contributed by atoms with Gasteiger partial charge >= 0.3 is 5.69 Å². The summed E-state index contributed by atoms with van der Waals surface area (Å²) in [6.45, 7) is 0.722. The number of rotatable bonds is 5. The first-order valence-electron chi connectivity index (χ1n) is 5.84. The topological polar surface area (TPSA) is 124 Å². The van der Waals surface area contributed by atoms with Crippen molar-refractivity contribution in [1.82, 2.24) is 20.0 Å². The Morgan fingerprint density at radius 3 is 2.60 bits per heavy atom. The van der Waals surface area contributed by atoms with Crippen LogP contribution in [0.4, 0.5) is 0 Å². The lowest BCUT2D eigenvalue weighted by atomic mass is 10.2. The molecule has 0 bridgehead atoms. The Balaban J connectivity index is 2.46. The number of nitrogens with one attached hydrogen (secondary N) is 4. The zero-order valence-electron chi connectivity index (χ0n) is 10.7. The highest BCUT2D eigenvalue weighted by Crippen LogP contribution is 2.13. The van der Waals surface area contributed by atoms with Crippen LogP contribution in [-0.4, -0.2) is 38.5 Å². The fourth-order valence-corrected chi connectivity index (χ4v) is 2.76. The lowest BCUT2D eigenvalue weighted by Crippen LogP contribution is -2.30. The molecule has 8 nitrogen and oxygen atoms in total. The highest BCUT2D eigenvalue weighted by molar-refractivity contribution is 7.89. The maximum absolute atomic E-state index is 12.0. The monoisotopic (exact) mass is 298 g/mol. The molecule has 0 amide bonds. The van der Waals surface area contributed by atoms with Crippen LogP contribution in [0.5, 0.6) is 0 Å². The maximum atomic E-state index is 12.0. The Morgan fingerprint density at radius 1 is 1.15 bits per heavy atom. The molecule has 9 heteroatoms. The quantitative estimate of drug-likeness (QED) is 0.512. The van der Waals surface area contributed by atoms with Gasteiger partial charge in [-0.3, -0.25) is 9.78 Å². The molecule has 0 aliphatic rings. The minimum Gasteiger partial charge on any atom is -0.318 e. The molecule has 0 radical (unpaired) electrons. The van der Waals surface area contributed by atoms with Crippen molar-refractivity contribution in [2.75, 3.05) is 20.1 Å². The number of hydrogen-bond acceptors (Lipinski definition) is 5. The van der Waals surface area contributed by atoms with Crippen LogP contribution in [0.2, 0.25) is 0 Å². The average Bonchev–Trinajstić information content (AvgIpc) is 2.38. The van der Waals surface area contributed by atoms with E-state index in [1.54, 1.807) is 7.05 Å². The minimum absolute atomic E-state index is 0.0290. The molecular weight excluding hydrogens is 284 g/mol. The molecule has 1 aromatic heterocycles. The van der Waals surface area contributed by atoms with Crippen molar-refractivity contribution in [2.24, 2.45) is 0 Å². The highest BCUT2D eigenvalue weighted by atomic mass is 32.2. The van der Waals surface area contributed by atoms with Gasteiger partial charge in [-0.25, -0.2) is 17.9 Å². The molecule has 0 spiro atoms. The molecule has 2 aromatic rings. The van der Waals surface area contributed by atoms with Crippen molar-refractivity contribution in [2.45, 2.75) is 4.90 Å². The molecule has 108 valence electrons. The van der Waals surface area contributed by atoms with Crippen molar-refractivity contribution < 1.29 is 8.42 Å². The van der Waals surface area contributed by atoms with Crippen LogP contribution >= 0.6 is 0 Å². The number of likely N-dealkylation sites (N-methyl/N-ethyl adjacent to an activating group) is 1. The van der Waals surface area contributed by atoms with E-state index in [1.807, 2.05) is 0 Å². The molecule has 0 fully saturated rings. The molecule has 0 saturated carbocycles. The first kappa shape index (κ1) is 14.4. The number of sulfonamides is 1. The molecule has 4 N–H and O–H groups in total. The van der Waals surface area contributed by atoms with Gasteiger partial charge in [-0.2, -0.15) is 0 Å². The van der Waals surface area contributed by atoms with E-state index in [4.69, 9.17) is 0 Å². The third-order valence-electron chi connectivity index (χ3n) is 2.69. The number of aromatic amines is 2. The fourth-order valence-electron chi connectivity index (χ4n) is 1.71. The molecule has 20 heavy (non-hydrogen) atoms. The summed E-state index contributed by atoms with van der Waals surface area (Å²) in [6, 6.07) is 3.95. The van der Waals surface area contributed by atoms with Gasteiger partial charge < -0.3 is 10.3 Å². The van der Waals surface area contributed by atoms with Gasteiger partial charge in [0.2, 0.25) is 10.0 Å². The van der Waals surface area contributed by atoms with Crippen LogP contribution in [0, 0.1) is 0 Å². The van der Waals surface area contributed by atoms with E-state index >= 15 is 0 Å². The number of fused-ring (bicyclic) bond motifs is 1. The predicted octanol–water partition coefficient (Wildman–Crippen LogP) is -1.29. The van der Waals surface area contributed by atoms with Crippen LogP contribution in [0.3, 0.4) is 0 Å². The summed E-state index contributed by atoms with van der Waals surface area (Å²) in [6.07, 6.45) is 0. The van der Waals surface area contributed by atoms with Gasteiger partial charge in [0.25, 0.3) is 5.56 Å². The van der Waals surface area contributed by atoms with Crippen molar-refractivity contribution in [1.29, 1.82) is 0 Å². The van der Waals surface area contributed by atoms with Gasteiger partial charge in [0.15, 0.2) is 0 Å². The van der Waals surface area contributed by atoms with Gasteiger partial charge in [-0.15, -0.1) is 0 Å². The summed E-state index contributed by atoms with van der Waals surface area (Å²) < 4.78 is 26.4. The van der Waals surface area contributed by atoms with Crippen molar-refractivity contribution in [3.05, 3.63) is 39.0 Å². The Morgan fingerprint density at radius 2 is 1.90 bits per heavy atom. The number of H-pyrrole nitrogens is 2. The van der Waals surface area contributed by atoms with Crippen LogP contribution < -0.4 is 21.3 Å². The van der Waals surface area contributed by atoms with E-state index in [0.717, 1.165) is 0 Å². The minimum atomic E-state index is -3.69. The van der Waals surface area contributed by atoms with Crippen molar-refractivity contribution in [3.8, 4) is 0 Å². The van der Waals surface area contributed by atoms with E-state index < -0.39 is 21.3 Å². The third-order valence-corrected chi connectivity index (χ3v) is 4.15. The van der Waals surface area contributed by atoms with E-state index in [0.29, 0.717) is 6.54 Å². The van der Waals surface area contributed by atoms with Crippen molar-refractivity contribution in [3.63, 3.8) is 0 Å². The first-order chi connectivity index (χ1) is 9.44. The SMILES string of the molecule is CNCCNS(=O)(=O)c1ccc2[nH]c(=O)[nH]c(=O)c2c1. The van der Waals surface area contributed by atoms with Crippen LogP contribution in [0.25, 0.3) is 10.9 Å². The highest BCUT2D eigenvalue weighted by Gasteiger charge is 2.14. The van der Waals surface area contributed by atoms with Gasteiger partial charge in [-0.05, 0) is 25.2 Å². The van der Waals surface area contributed by atoms with Gasteiger partial charge in [0, 0.05) is 13.1 Å². The van der Waals surface area contributed by atoms with Gasteiger partial charge in [0.05, 0.1) is 15.8 Å². The molecular formula is C11H14N4O4S. The summed E-state index contributed by atoms with van der Waals surface area (Å²) in [7, 11) is -1.98. The van der Waals surface area contributed by atoms with Crippen LogP contribution in [-0.2, 0) is 10.0 Å². The molecule has 2 rings (SSSR count). The number of benzene rings is 1. The first-order valence-corrected chi connectivity index (χ1v) is 7.33. The lowest BCUT2D eigenvalue weighted by Gasteiger charge is -2.07. The second-order valence-electron chi connectivity index (χ2n) is 4.12. The Labute approximate surface area is 114 Å². The molecule has 0 saturated heterocycles. The molecule has 1 aromatic carbocycles. The zero-order chi connectivity index (χ0) is 14.8. The standard InChI is InChI=1S/C11H14N4O4S/c1-12-4-5-13-20(18,19)7-2-3-9-8(6-7)10(16)15-11(17)14-9/h2-3,6,12-13H,4-5H2,1H3,(H2,14,15,16,17). The normalized spacial score (nSPS) is 11.8. The Kier molecular flexibility index (Phi) is 4.02. The van der Waals surface area contributed by atoms with E-state index in [9.17, 15) is 18.0 Å². The number of aromatic nitrogens is 2. The zero-order valence-corrected chi connectivity index (χ0v) is 11.5. The lowest BCUT2D eigenvalue weighted by molar-refractivity contribution is 0.579. The van der Waals surface area contributed by atoms with Gasteiger partial charge in [-0.1, -0.05) is 0 Å². The van der Waals surface area contributed by atoms with Gasteiger partial charge in [0.1, 0.15) is 0 Å². The van der Waals surface area contributed by atoms with E-state index in [2.05, 4.69) is 20.0 Å². The van der Waals surface area contributed by atoms with E-state index in [-0.39, 0.29) is 22.3 Å². The fraction of sp³-hybridized carbons (Fsp3) is 0.273. The van der Waals surface area contributed by atoms with Crippen LogP contribution in [0.15, 0.2) is 32.7 Å². The Bertz CT molecular complexity index is 837. The van der Waals surface area contributed by atoms with Crippen molar-refractivity contribution >= 4 is 20.9 Å². The third kappa shape index (κ3) is 2.95. The molecule has 0 atom stereocenters.